The van der Waals surface area contributed by atoms with Crippen LogP contribution >= 0.6 is 0 Å². The molecule has 34 heavy (non-hydrogen) atoms. The Labute approximate surface area is 213 Å². The Bertz CT molecular complexity index is 440. The van der Waals surface area contributed by atoms with Crippen molar-refractivity contribution < 1.29 is 9.53 Å². The van der Waals surface area contributed by atoms with Gasteiger partial charge in [-0.15, -0.1) is 0 Å². The van der Waals surface area contributed by atoms with Gasteiger partial charge in [0.25, 0.3) is 0 Å². The average molecular weight is 481 g/mol. The Hall–Kier alpha value is -0.870. The predicted octanol–water partition coefficient (Wildman–Crippen LogP) is 8.19. The molecule has 0 aromatic rings. The molecular formula is C30H60N2O2. The summed E-state index contributed by atoms with van der Waals surface area (Å²) in [6.45, 7) is 9.35. The normalized spacial score (nSPS) is 11.6. The largest absolute Gasteiger partial charge is 0.461 e. The van der Waals surface area contributed by atoms with E-state index in [9.17, 15) is 4.79 Å². The van der Waals surface area contributed by atoms with E-state index < -0.39 is 0 Å². The van der Waals surface area contributed by atoms with Crippen molar-refractivity contribution >= 4 is 5.97 Å². The van der Waals surface area contributed by atoms with Crippen LogP contribution in [0.15, 0.2) is 12.2 Å². The first-order valence-corrected chi connectivity index (χ1v) is 15.0. The van der Waals surface area contributed by atoms with Gasteiger partial charge in [-0.3, -0.25) is 4.79 Å². The molecule has 4 nitrogen and oxygen atoms in total. The van der Waals surface area contributed by atoms with Gasteiger partial charge in [-0.05, 0) is 64.7 Å². The van der Waals surface area contributed by atoms with E-state index >= 15 is 0 Å². The molecule has 0 aliphatic heterocycles. The van der Waals surface area contributed by atoms with Gasteiger partial charge in [0.2, 0.25) is 0 Å². The van der Waals surface area contributed by atoms with Gasteiger partial charge >= 0.3 is 5.97 Å². The lowest BCUT2D eigenvalue weighted by Crippen LogP contribution is -2.28. The summed E-state index contributed by atoms with van der Waals surface area (Å²) in [4.78, 5) is 14.5. The van der Waals surface area contributed by atoms with Gasteiger partial charge in [-0.1, -0.05) is 109 Å². The zero-order valence-electron chi connectivity index (χ0n) is 23.2. The average Bonchev–Trinajstić information content (AvgIpc) is 2.84. The lowest BCUT2D eigenvalue weighted by Gasteiger charge is -2.22. The molecule has 0 heterocycles. The van der Waals surface area contributed by atoms with Crippen LogP contribution in [-0.4, -0.2) is 43.7 Å². The topological polar surface area (TPSA) is 55.6 Å². The zero-order chi connectivity index (χ0) is 25.0. The minimum Gasteiger partial charge on any atom is -0.461 e. The van der Waals surface area contributed by atoms with Crippen molar-refractivity contribution in [1.29, 1.82) is 0 Å². The molecule has 202 valence electrons. The van der Waals surface area contributed by atoms with E-state index in [1.165, 1.54) is 109 Å². The van der Waals surface area contributed by atoms with Crippen LogP contribution in [0.1, 0.15) is 142 Å². The summed E-state index contributed by atoms with van der Waals surface area (Å²) < 4.78 is 5.30. The third kappa shape index (κ3) is 25.7. The molecule has 0 atom stereocenters. The molecule has 0 amide bonds. The molecular weight excluding hydrogens is 420 g/mol. The Morgan fingerprint density at radius 2 is 1.15 bits per heavy atom. The second-order valence-electron chi connectivity index (χ2n) is 9.98. The van der Waals surface area contributed by atoms with Crippen LogP contribution in [0.3, 0.4) is 0 Å². The molecule has 0 fully saturated rings. The van der Waals surface area contributed by atoms with E-state index in [4.69, 9.17) is 10.5 Å². The Balaban J connectivity index is 3.59. The number of nitrogens with two attached hydrogens (primary N) is 1. The van der Waals surface area contributed by atoms with E-state index in [1.54, 1.807) is 0 Å². The summed E-state index contributed by atoms with van der Waals surface area (Å²) in [6, 6.07) is 0. The molecule has 0 aromatic heterocycles. The molecule has 0 saturated carbocycles. The molecule has 0 aliphatic carbocycles. The molecule has 0 bridgehead atoms. The highest BCUT2D eigenvalue weighted by Crippen LogP contribution is 2.11. The zero-order valence-corrected chi connectivity index (χ0v) is 23.2. The van der Waals surface area contributed by atoms with Crippen LogP contribution in [0.5, 0.6) is 0 Å². The van der Waals surface area contributed by atoms with Crippen molar-refractivity contribution in [1.82, 2.24) is 4.90 Å². The van der Waals surface area contributed by atoms with Crippen molar-refractivity contribution in [3.8, 4) is 0 Å². The van der Waals surface area contributed by atoms with Gasteiger partial charge in [0.15, 0.2) is 0 Å². The summed E-state index contributed by atoms with van der Waals surface area (Å²) in [5.41, 5.74) is 5.74. The summed E-state index contributed by atoms with van der Waals surface area (Å²) in [6.07, 6.45) is 28.9. The highest BCUT2D eigenvalue weighted by Gasteiger charge is 2.05. The van der Waals surface area contributed by atoms with E-state index in [0.717, 1.165) is 38.8 Å². The third-order valence-corrected chi connectivity index (χ3v) is 6.59. The minimum absolute atomic E-state index is 0.0449. The van der Waals surface area contributed by atoms with Crippen LogP contribution in [-0.2, 0) is 9.53 Å². The van der Waals surface area contributed by atoms with Gasteiger partial charge in [0.1, 0.15) is 6.61 Å². The fourth-order valence-corrected chi connectivity index (χ4v) is 4.34. The second-order valence-corrected chi connectivity index (χ2v) is 9.98. The maximum absolute atomic E-state index is 11.8. The van der Waals surface area contributed by atoms with E-state index in [1.807, 2.05) is 6.08 Å². The van der Waals surface area contributed by atoms with E-state index in [-0.39, 0.29) is 5.97 Å². The van der Waals surface area contributed by atoms with Gasteiger partial charge in [-0.25, -0.2) is 0 Å². The molecule has 4 heteroatoms. The number of carbonyl (C=O) groups excluding carboxylic acids is 1. The van der Waals surface area contributed by atoms with E-state index in [2.05, 4.69) is 24.8 Å². The van der Waals surface area contributed by atoms with Crippen LogP contribution in [0.4, 0.5) is 0 Å². The number of nitrogens with zero attached hydrogens (tertiary/aromatic N) is 1. The first-order valence-electron chi connectivity index (χ1n) is 15.0. The highest BCUT2D eigenvalue weighted by atomic mass is 16.5. The molecule has 0 radical (unpaired) electrons. The maximum Gasteiger partial charge on any atom is 0.306 e. The van der Waals surface area contributed by atoms with Gasteiger partial charge < -0.3 is 15.4 Å². The predicted molar refractivity (Wildman–Crippen MR) is 149 cm³/mol. The lowest BCUT2D eigenvalue weighted by molar-refractivity contribution is -0.142. The van der Waals surface area contributed by atoms with E-state index in [0.29, 0.717) is 13.0 Å². The number of hydrogen-bond acceptors (Lipinski definition) is 4. The van der Waals surface area contributed by atoms with Crippen molar-refractivity contribution in [2.45, 2.75) is 142 Å². The fraction of sp³-hybridized carbons (Fsp3) is 0.900. The lowest BCUT2D eigenvalue weighted by atomic mass is 10.1. The van der Waals surface area contributed by atoms with Crippen molar-refractivity contribution in [2.24, 2.45) is 5.73 Å². The second kappa shape index (κ2) is 28.4. The minimum atomic E-state index is -0.0449. The number of rotatable bonds is 27. The summed E-state index contributed by atoms with van der Waals surface area (Å²) in [5.74, 6) is -0.0449. The molecule has 0 aliphatic rings. The quantitative estimate of drug-likeness (QED) is 0.0731. The van der Waals surface area contributed by atoms with Crippen LogP contribution in [0.2, 0.25) is 0 Å². The summed E-state index contributed by atoms with van der Waals surface area (Å²) in [5, 5.41) is 0. The van der Waals surface area contributed by atoms with Gasteiger partial charge in [0, 0.05) is 6.42 Å². The summed E-state index contributed by atoms with van der Waals surface area (Å²) >= 11 is 0. The SMILES string of the molecule is CCCCCC/C=C\COC(=O)CCCCCCCCN(CCCN)CCCCCCCCC. The molecule has 0 unspecified atom stereocenters. The van der Waals surface area contributed by atoms with Crippen LogP contribution < -0.4 is 5.73 Å². The Morgan fingerprint density at radius 1 is 0.647 bits per heavy atom. The van der Waals surface area contributed by atoms with Gasteiger partial charge in [0.05, 0.1) is 0 Å². The number of carbonyl (C=O) groups is 1. The van der Waals surface area contributed by atoms with Crippen LogP contribution in [0, 0.1) is 0 Å². The molecule has 0 rings (SSSR count). The summed E-state index contributed by atoms with van der Waals surface area (Å²) in [7, 11) is 0. The highest BCUT2D eigenvalue weighted by molar-refractivity contribution is 5.69. The standard InChI is InChI=1S/C30H60N2O2/c1-3-5-7-9-12-16-20-26-32(28-23-25-31)27-21-17-13-11-15-19-24-30(33)34-29-22-18-14-10-8-6-4-2/h18,22H,3-17,19-21,23-29,31H2,1-2H3/b22-18-. The number of esters is 1. The molecule has 2 N–H and O–H groups in total. The van der Waals surface area contributed by atoms with Gasteiger partial charge in [-0.2, -0.15) is 0 Å². The van der Waals surface area contributed by atoms with Crippen molar-refractivity contribution in [2.75, 3.05) is 32.8 Å². The number of ether oxygens (including phenoxy) is 1. The maximum atomic E-state index is 11.8. The van der Waals surface area contributed by atoms with Crippen molar-refractivity contribution in [3.63, 3.8) is 0 Å². The Morgan fingerprint density at radius 3 is 1.74 bits per heavy atom. The first kappa shape index (κ1) is 33.1. The smallest absolute Gasteiger partial charge is 0.306 e. The van der Waals surface area contributed by atoms with Crippen LogP contribution in [0.25, 0.3) is 0 Å². The van der Waals surface area contributed by atoms with Crippen molar-refractivity contribution in [3.05, 3.63) is 12.2 Å². The number of allylic oxidation sites excluding steroid dienone is 1. The molecule has 0 spiro atoms. The fourth-order valence-electron chi connectivity index (χ4n) is 4.34. The first-order chi connectivity index (χ1) is 16.7. The molecule has 0 saturated heterocycles. The monoisotopic (exact) mass is 480 g/mol. The number of unbranched alkanes of at least 4 members (excludes halogenated alkanes) is 15. The third-order valence-electron chi connectivity index (χ3n) is 6.59. The Kier molecular flexibility index (Phi) is 27.6. The molecule has 0 aromatic carbocycles. The number of hydrogen-bond donors (Lipinski definition) is 1.